The molecule has 0 saturated heterocycles. The second-order valence-electron chi connectivity index (χ2n) is 4.74. The van der Waals surface area contributed by atoms with Gasteiger partial charge in [-0.2, -0.15) is 0 Å². The number of aryl methyl sites for hydroxylation is 1. The molecule has 0 unspecified atom stereocenters. The van der Waals surface area contributed by atoms with Gasteiger partial charge in [0.1, 0.15) is 22.4 Å². The van der Waals surface area contributed by atoms with Gasteiger partial charge in [0.05, 0.1) is 0 Å². The van der Waals surface area contributed by atoms with Crippen molar-refractivity contribution in [2.24, 2.45) is 5.73 Å². The maximum Gasteiger partial charge on any atom is 0.197 e. The Labute approximate surface area is 121 Å². The summed E-state index contributed by atoms with van der Waals surface area (Å²) in [5, 5.41) is 17.6. The smallest absolute Gasteiger partial charge is 0.197 e. The fourth-order valence-electron chi connectivity index (χ4n) is 2.25. The summed E-state index contributed by atoms with van der Waals surface area (Å²) in [5.74, 6) is 1.04. The van der Waals surface area contributed by atoms with Crippen molar-refractivity contribution < 1.29 is 0 Å². The van der Waals surface area contributed by atoms with Crippen molar-refractivity contribution in [1.29, 1.82) is 5.41 Å². The van der Waals surface area contributed by atoms with Crippen LogP contribution in [0.2, 0.25) is 0 Å². The van der Waals surface area contributed by atoms with Gasteiger partial charge in [0.25, 0.3) is 0 Å². The van der Waals surface area contributed by atoms with Crippen molar-refractivity contribution in [1.82, 2.24) is 19.7 Å². The highest BCUT2D eigenvalue weighted by Gasteiger charge is 2.16. The lowest BCUT2D eigenvalue weighted by molar-refractivity contribution is 0.590. The largest absolute Gasteiger partial charge is 0.382 e. The van der Waals surface area contributed by atoms with Crippen molar-refractivity contribution in [3.8, 4) is 0 Å². The molecule has 3 rings (SSSR count). The minimum atomic E-state index is -0.0208. The zero-order valence-corrected chi connectivity index (χ0v) is 11.9. The van der Waals surface area contributed by atoms with Crippen LogP contribution >= 0.6 is 11.8 Å². The number of pyridine rings is 1. The van der Waals surface area contributed by atoms with E-state index in [0.717, 1.165) is 29.0 Å². The predicted octanol–water partition coefficient (Wildman–Crippen LogP) is 1.83. The topological polar surface area (TPSA) is 93.5 Å². The van der Waals surface area contributed by atoms with Crippen LogP contribution in [0.5, 0.6) is 0 Å². The Hall–Kier alpha value is -1.89. The Morgan fingerprint density at radius 2 is 2.15 bits per heavy atom. The van der Waals surface area contributed by atoms with Crippen molar-refractivity contribution in [3.05, 3.63) is 29.7 Å². The molecule has 0 amide bonds. The first kappa shape index (κ1) is 13.1. The van der Waals surface area contributed by atoms with E-state index < -0.39 is 0 Å². The molecule has 3 N–H and O–H groups in total. The second-order valence-corrected chi connectivity index (χ2v) is 5.73. The Morgan fingerprint density at radius 3 is 3.00 bits per heavy atom. The van der Waals surface area contributed by atoms with Crippen molar-refractivity contribution in [2.45, 2.75) is 42.4 Å². The molecule has 6 nitrogen and oxygen atoms in total. The van der Waals surface area contributed by atoms with E-state index in [9.17, 15) is 0 Å². The third-order valence-corrected chi connectivity index (χ3v) is 4.19. The molecule has 0 radical (unpaired) electrons. The molecule has 0 aromatic carbocycles. The normalized spacial score (nSPS) is 14.6. The molecule has 2 aromatic rings. The number of nitrogens with two attached hydrogens (primary N) is 1. The summed E-state index contributed by atoms with van der Waals surface area (Å²) in [6, 6.07) is 5.48. The standard InChI is InChI=1S/C13H16N6S/c14-12(15)9-5-4-7-11(16-9)20-13-18-17-10-6-2-1-3-8-19(10)13/h4-5,7H,1-3,6,8H2,(H3,14,15). The summed E-state index contributed by atoms with van der Waals surface area (Å²) in [4.78, 5) is 4.35. The average Bonchev–Trinajstić information content (AvgIpc) is 2.68. The second kappa shape index (κ2) is 5.62. The first-order chi connectivity index (χ1) is 9.74. The summed E-state index contributed by atoms with van der Waals surface area (Å²) in [6.45, 7) is 0.969. The quantitative estimate of drug-likeness (QED) is 0.664. The average molecular weight is 288 g/mol. The van der Waals surface area contributed by atoms with Gasteiger partial charge >= 0.3 is 0 Å². The first-order valence-corrected chi connectivity index (χ1v) is 7.47. The molecular weight excluding hydrogens is 272 g/mol. The summed E-state index contributed by atoms with van der Waals surface area (Å²) in [6.07, 6.45) is 4.58. The van der Waals surface area contributed by atoms with Crippen LogP contribution in [0.4, 0.5) is 0 Å². The van der Waals surface area contributed by atoms with Crippen LogP contribution in [-0.4, -0.2) is 25.6 Å². The van der Waals surface area contributed by atoms with Gasteiger partial charge in [0.15, 0.2) is 5.16 Å². The van der Waals surface area contributed by atoms with Crippen LogP contribution in [0, 0.1) is 5.41 Å². The van der Waals surface area contributed by atoms with Crippen LogP contribution in [0.3, 0.4) is 0 Å². The van der Waals surface area contributed by atoms with Gasteiger partial charge in [0.2, 0.25) is 0 Å². The number of nitrogens with one attached hydrogen (secondary N) is 1. The van der Waals surface area contributed by atoms with Gasteiger partial charge in [0, 0.05) is 13.0 Å². The predicted molar refractivity (Wildman–Crippen MR) is 77.0 cm³/mol. The maximum atomic E-state index is 7.44. The first-order valence-electron chi connectivity index (χ1n) is 6.65. The molecule has 104 valence electrons. The molecule has 3 heterocycles. The highest BCUT2D eigenvalue weighted by molar-refractivity contribution is 7.99. The van der Waals surface area contributed by atoms with Gasteiger partial charge in [-0.3, -0.25) is 5.41 Å². The number of aromatic nitrogens is 4. The molecular formula is C13H16N6S. The minimum Gasteiger partial charge on any atom is -0.382 e. The van der Waals surface area contributed by atoms with E-state index in [0.29, 0.717) is 5.69 Å². The van der Waals surface area contributed by atoms with E-state index in [1.165, 1.54) is 31.0 Å². The van der Waals surface area contributed by atoms with Crippen LogP contribution in [0.25, 0.3) is 0 Å². The van der Waals surface area contributed by atoms with Gasteiger partial charge in [-0.05, 0) is 36.7 Å². The summed E-state index contributed by atoms with van der Waals surface area (Å²) < 4.78 is 2.18. The number of hydrogen-bond donors (Lipinski definition) is 2. The molecule has 0 atom stereocenters. The van der Waals surface area contributed by atoms with E-state index in [1.807, 2.05) is 12.1 Å². The number of hydrogen-bond acceptors (Lipinski definition) is 5. The highest BCUT2D eigenvalue weighted by Crippen LogP contribution is 2.27. The van der Waals surface area contributed by atoms with Gasteiger partial charge in [-0.1, -0.05) is 12.5 Å². The van der Waals surface area contributed by atoms with Gasteiger partial charge < -0.3 is 10.3 Å². The van der Waals surface area contributed by atoms with Crippen molar-refractivity contribution in [2.75, 3.05) is 0 Å². The van der Waals surface area contributed by atoms with Crippen LogP contribution in [0.1, 0.15) is 30.8 Å². The molecule has 0 bridgehead atoms. The van der Waals surface area contributed by atoms with Crippen LogP contribution in [-0.2, 0) is 13.0 Å². The number of nitrogens with zero attached hydrogens (tertiary/aromatic N) is 4. The summed E-state index contributed by atoms with van der Waals surface area (Å²) in [7, 11) is 0. The molecule has 0 aliphatic carbocycles. The lowest BCUT2D eigenvalue weighted by Crippen LogP contribution is -2.13. The van der Waals surface area contributed by atoms with E-state index in [-0.39, 0.29) is 5.84 Å². The number of fused-ring (bicyclic) bond motifs is 1. The molecule has 2 aromatic heterocycles. The Bertz CT molecular complexity index is 636. The Kier molecular flexibility index (Phi) is 3.68. The zero-order chi connectivity index (χ0) is 13.9. The number of nitrogen functional groups attached to an aromatic ring is 1. The third-order valence-electron chi connectivity index (χ3n) is 3.27. The van der Waals surface area contributed by atoms with E-state index in [4.69, 9.17) is 11.1 Å². The Balaban J connectivity index is 1.86. The molecule has 7 heteroatoms. The summed E-state index contributed by atoms with van der Waals surface area (Å²) >= 11 is 1.48. The SMILES string of the molecule is N=C(N)c1cccc(Sc2nnc3n2CCCCC3)n1. The lowest BCUT2D eigenvalue weighted by atomic mass is 10.2. The van der Waals surface area contributed by atoms with E-state index in [2.05, 4.69) is 19.7 Å². The Morgan fingerprint density at radius 1 is 1.25 bits per heavy atom. The third kappa shape index (κ3) is 2.67. The van der Waals surface area contributed by atoms with Crippen LogP contribution < -0.4 is 5.73 Å². The van der Waals surface area contributed by atoms with Crippen molar-refractivity contribution >= 4 is 17.6 Å². The van der Waals surface area contributed by atoms with E-state index >= 15 is 0 Å². The fraction of sp³-hybridized carbons (Fsp3) is 0.385. The van der Waals surface area contributed by atoms with E-state index in [1.54, 1.807) is 6.07 Å². The molecule has 1 aliphatic rings. The minimum absolute atomic E-state index is 0.0208. The molecule has 1 aliphatic heterocycles. The highest BCUT2D eigenvalue weighted by atomic mass is 32.2. The van der Waals surface area contributed by atoms with Gasteiger partial charge in [-0.25, -0.2) is 4.98 Å². The molecule has 0 fully saturated rings. The van der Waals surface area contributed by atoms with Crippen LogP contribution in [0.15, 0.2) is 28.4 Å². The number of rotatable bonds is 3. The number of amidine groups is 1. The van der Waals surface area contributed by atoms with Gasteiger partial charge in [-0.15, -0.1) is 10.2 Å². The molecule has 20 heavy (non-hydrogen) atoms. The lowest BCUT2D eigenvalue weighted by Gasteiger charge is -2.06. The monoisotopic (exact) mass is 288 g/mol. The molecule has 0 saturated carbocycles. The maximum absolute atomic E-state index is 7.44. The fourth-order valence-corrected chi connectivity index (χ4v) is 3.12. The van der Waals surface area contributed by atoms with Crippen molar-refractivity contribution in [3.63, 3.8) is 0 Å². The zero-order valence-electron chi connectivity index (χ0n) is 11.0. The summed E-state index contributed by atoms with van der Waals surface area (Å²) in [5.41, 5.74) is 5.96. The molecule has 0 spiro atoms.